The van der Waals surface area contributed by atoms with E-state index in [0.29, 0.717) is 29.2 Å². The zero-order valence-corrected chi connectivity index (χ0v) is 23.6. The van der Waals surface area contributed by atoms with E-state index >= 15 is 0 Å². The molecule has 0 saturated heterocycles. The predicted octanol–water partition coefficient (Wildman–Crippen LogP) is 3.02. The topological polar surface area (TPSA) is 112 Å². The molecule has 0 radical (unpaired) electrons. The van der Waals surface area contributed by atoms with Gasteiger partial charge in [0.05, 0.1) is 31.7 Å². The van der Waals surface area contributed by atoms with E-state index in [1.807, 2.05) is 13.8 Å². The number of methoxy groups -OCH3 is 2. The van der Waals surface area contributed by atoms with E-state index < -0.39 is 11.2 Å². The molecule has 0 aliphatic carbocycles. The predicted molar refractivity (Wildman–Crippen MR) is 151 cm³/mol. The minimum absolute atomic E-state index is 0.0327. The number of aromatic nitrogens is 2. The van der Waals surface area contributed by atoms with Crippen molar-refractivity contribution in [3.8, 4) is 11.5 Å². The molecule has 0 unspecified atom stereocenters. The lowest BCUT2D eigenvalue weighted by atomic mass is 10.1. The van der Waals surface area contributed by atoms with Crippen LogP contribution in [0.4, 0.5) is 0 Å². The Labute approximate surface area is 228 Å². The third-order valence-corrected chi connectivity index (χ3v) is 6.79. The molecule has 0 bridgehead atoms. The first-order valence-corrected chi connectivity index (χ1v) is 13.2. The van der Waals surface area contributed by atoms with Crippen LogP contribution in [-0.4, -0.2) is 59.7 Å². The van der Waals surface area contributed by atoms with Gasteiger partial charge in [0.1, 0.15) is 6.54 Å². The average molecular weight is 539 g/mol. The van der Waals surface area contributed by atoms with Gasteiger partial charge in [-0.1, -0.05) is 32.4 Å². The molecule has 0 spiro atoms. The Balaban J connectivity index is 2.06. The Morgan fingerprint density at radius 2 is 1.64 bits per heavy atom. The van der Waals surface area contributed by atoms with Crippen molar-refractivity contribution in [3.63, 3.8) is 0 Å². The third-order valence-electron chi connectivity index (χ3n) is 6.79. The summed E-state index contributed by atoms with van der Waals surface area (Å²) in [6.07, 6.45) is 2.65. The molecule has 10 heteroatoms. The normalized spacial score (nSPS) is 11.7. The van der Waals surface area contributed by atoms with Gasteiger partial charge in [-0.3, -0.25) is 23.5 Å². The number of rotatable bonds is 12. The van der Waals surface area contributed by atoms with Gasteiger partial charge in [0.15, 0.2) is 11.5 Å². The van der Waals surface area contributed by atoms with Crippen molar-refractivity contribution in [3.05, 3.63) is 68.4 Å². The van der Waals surface area contributed by atoms with Crippen LogP contribution < -0.4 is 26.0 Å². The van der Waals surface area contributed by atoms with Gasteiger partial charge in [-0.2, -0.15) is 0 Å². The number of unbranched alkanes of at least 4 members (excludes halogenated alkanes) is 1. The van der Waals surface area contributed by atoms with Crippen LogP contribution in [0.1, 0.15) is 56.0 Å². The van der Waals surface area contributed by atoms with Crippen LogP contribution in [0.15, 0.2) is 46.0 Å². The monoisotopic (exact) mass is 538 g/mol. The Morgan fingerprint density at radius 1 is 1.00 bits per heavy atom. The smallest absolute Gasteiger partial charge is 0.332 e. The molecule has 210 valence electrons. The lowest BCUT2D eigenvalue weighted by Gasteiger charge is -2.18. The van der Waals surface area contributed by atoms with Crippen LogP contribution in [0, 0.1) is 0 Å². The molecule has 0 fully saturated rings. The van der Waals surface area contributed by atoms with Crippen molar-refractivity contribution < 1.29 is 19.1 Å². The van der Waals surface area contributed by atoms with Crippen molar-refractivity contribution in [1.82, 2.24) is 19.4 Å². The Kier molecular flexibility index (Phi) is 9.92. The van der Waals surface area contributed by atoms with Crippen LogP contribution in [0.25, 0.3) is 10.9 Å². The SMILES string of the molecule is CCCCN(C)C(=O)c1ccc(Cn2c(=O)c3cc(OC)c(OC)cc3n(CC(=O)N[C@@H](C)CC)c2=O)cc1. The Morgan fingerprint density at radius 3 is 2.23 bits per heavy atom. The van der Waals surface area contributed by atoms with Crippen molar-refractivity contribution >= 4 is 22.7 Å². The highest BCUT2D eigenvalue weighted by molar-refractivity contribution is 5.94. The van der Waals surface area contributed by atoms with E-state index in [9.17, 15) is 19.2 Å². The van der Waals surface area contributed by atoms with Gasteiger partial charge in [0.25, 0.3) is 11.5 Å². The lowest BCUT2D eigenvalue weighted by molar-refractivity contribution is -0.122. The van der Waals surface area contributed by atoms with E-state index in [2.05, 4.69) is 12.2 Å². The van der Waals surface area contributed by atoms with Crippen LogP contribution in [0.5, 0.6) is 11.5 Å². The molecule has 10 nitrogen and oxygen atoms in total. The average Bonchev–Trinajstić information content (AvgIpc) is 2.95. The van der Waals surface area contributed by atoms with Crippen molar-refractivity contribution in [2.75, 3.05) is 27.8 Å². The number of ether oxygens (including phenoxy) is 2. The van der Waals surface area contributed by atoms with Gasteiger partial charge in [-0.25, -0.2) is 4.79 Å². The van der Waals surface area contributed by atoms with Crippen LogP contribution >= 0.6 is 0 Å². The fourth-order valence-electron chi connectivity index (χ4n) is 4.25. The minimum Gasteiger partial charge on any atom is -0.493 e. The highest BCUT2D eigenvalue weighted by Gasteiger charge is 2.20. The second-order valence-corrected chi connectivity index (χ2v) is 9.64. The first kappa shape index (κ1) is 29.5. The third kappa shape index (κ3) is 6.68. The maximum absolute atomic E-state index is 13.6. The standard InChI is InChI=1S/C29H38N4O6/c1-7-9-14-31(4)27(35)21-12-10-20(11-13-21)17-33-28(36)22-15-24(38-5)25(39-6)16-23(22)32(29(33)37)18-26(34)30-19(3)8-2/h10-13,15-16,19H,7-9,14,17-18H2,1-6H3,(H,30,34)/t19-/m0/s1. The molecule has 3 rings (SSSR count). The second-order valence-electron chi connectivity index (χ2n) is 9.64. The summed E-state index contributed by atoms with van der Waals surface area (Å²) in [6, 6.07) is 9.83. The molecule has 2 aromatic carbocycles. The van der Waals surface area contributed by atoms with E-state index in [1.54, 1.807) is 36.2 Å². The summed E-state index contributed by atoms with van der Waals surface area (Å²) >= 11 is 0. The number of benzene rings is 2. The quantitative estimate of drug-likeness (QED) is 0.380. The Bertz CT molecular complexity index is 1440. The number of amides is 2. The van der Waals surface area contributed by atoms with Crippen molar-refractivity contribution in [2.24, 2.45) is 0 Å². The summed E-state index contributed by atoms with van der Waals surface area (Å²) < 4.78 is 13.1. The van der Waals surface area contributed by atoms with E-state index in [1.165, 1.54) is 30.9 Å². The first-order chi connectivity index (χ1) is 18.6. The zero-order chi connectivity index (χ0) is 28.7. The fourth-order valence-corrected chi connectivity index (χ4v) is 4.25. The van der Waals surface area contributed by atoms with E-state index in [-0.39, 0.29) is 41.8 Å². The lowest BCUT2D eigenvalue weighted by Crippen LogP contribution is -2.44. The number of nitrogens with zero attached hydrogens (tertiary/aromatic N) is 3. The molecule has 1 atom stereocenters. The summed E-state index contributed by atoms with van der Waals surface area (Å²) in [7, 11) is 4.68. The second kappa shape index (κ2) is 13.1. The Hall–Kier alpha value is -4.08. The van der Waals surface area contributed by atoms with Gasteiger partial charge in [0.2, 0.25) is 5.91 Å². The first-order valence-electron chi connectivity index (χ1n) is 13.2. The summed E-state index contributed by atoms with van der Waals surface area (Å²) in [6.45, 7) is 6.26. The van der Waals surface area contributed by atoms with Crippen LogP contribution in [0.3, 0.4) is 0 Å². The summed E-state index contributed by atoms with van der Waals surface area (Å²) in [5.41, 5.74) is 0.318. The molecule has 0 aliphatic heterocycles. The van der Waals surface area contributed by atoms with Gasteiger partial charge in [-0.05, 0) is 43.5 Å². The molecule has 0 saturated carbocycles. The maximum atomic E-state index is 13.6. The summed E-state index contributed by atoms with van der Waals surface area (Å²) in [5.74, 6) is 0.233. The van der Waals surface area contributed by atoms with E-state index in [0.717, 1.165) is 23.8 Å². The van der Waals surface area contributed by atoms with E-state index in [4.69, 9.17) is 9.47 Å². The highest BCUT2D eigenvalue weighted by Crippen LogP contribution is 2.30. The number of nitrogens with one attached hydrogen (secondary N) is 1. The zero-order valence-electron chi connectivity index (χ0n) is 23.6. The molecule has 1 N–H and O–H groups in total. The fraction of sp³-hybridized carbons (Fsp3) is 0.448. The van der Waals surface area contributed by atoms with Gasteiger partial charge >= 0.3 is 5.69 Å². The van der Waals surface area contributed by atoms with Crippen LogP contribution in [0.2, 0.25) is 0 Å². The molecule has 1 aromatic heterocycles. The number of hydrogen-bond acceptors (Lipinski definition) is 6. The number of carbonyl (C=O) groups is 2. The van der Waals surface area contributed by atoms with Crippen molar-refractivity contribution in [1.29, 1.82) is 0 Å². The number of hydrogen-bond donors (Lipinski definition) is 1. The van der Waals surface area contributed by atoms with Gasteiger partial charge in [-0.15, -0.1) is 0 Å². The molecule has 39 heavy (non-hydrogen) atoms. The number of carbonyl (C=O) groups excluding carboxylic acids is 2. The minimum atomic E-state index is -0.626. The van der Waals surface area contributed by atoms with Gasteiger partial charge < -0.3 is 19.7 Å². The molecule has 0 aliphatic rings. The van der Waals surface area contributed by atoms with Gasteiger partial charge in [0, 0.05) is 31.3 Å². The molecule has 2 amide bonds. The molecule has 3 aromatic rings. The highest BCUT2D eigenvalue weighted by atomic mass is 16.5. The molecular weight excluding hydrogens is 500 g/mol. The summed E-state index contributed by atoms with van der Waals surface area (Å²) in [4.78, 5) is 54.3. The maximum Gasteiger partial charge on any atom is 0.332 e. The largest absolute Gasteiger partial charge is 0.493 e. The number of fused-ring (bicyclic) bond motifs is 1. The van der Waals surface area contributed by atoms with Crippen molar-refractivity contribution in [2.45, 2.75) is 59.2 Å². The molecular formula is C29H38N4O6. The molecule has 1 heterocycles. The van der Waals surface area contributed by atoms with Crippen LogP contribution in [-0.2, 0) is 17.9 Å². The summed E-state index contributed by atoms with van der Waals surface area (Å²) in [5, 5.41) is 3.08.